The van der Waals surface area contributed by atoms with E-state index in [0.717, 1.165) is 83.6 Å². The van der Waals surface area contributed by atoms with Gasteiger partial charge >= 0.3 is 5.69 Å². The summed E-state index contributed by atoms with van der Waals surface area (Å²) in [6.45, 7) is 0. The second-order valence-electron chi connectivity index (χ2n) is 13.6. The summed E-state index contributed by atoms with van der Waals surface area (Å²) in [4.78, 5) is 22.6. The highest BCUT2D eigenvalue weighted by molar-refractivity contribution is 5.84. The summed E-state index contributed by atoms with van der Waals surface area (Å²) >= 11 is 0. The van der Waals surface area contributed by atoms with Crippen LogP contribution >= 0.6 is 0 Å². The maximum Gasteiger partial charge on any atom is 0.328 e. The Balaban J connectivity index is 0.978. The van der Waals surface area contributed by atoms with E-state index in [-0.39, 0.29) is 5.69 Å². The van der Waals surface area contributed by atoms with Crippen molar-refractivity contribution < 1.29 is 0 Å². The zero-order chi connectivity index (χ0) is 36.6. The summed E-state index contributed by atoms with van der Waals surface area (Å²) in [5.41, 5.74) is 15.7. The van der Waals surface area contributed by atoms with E-state index < -0.39 is 0 Å². The molecular formula is C49H36N4O. The molecule has 0 radical (unpaired) electrons. The maximum atomic E-state index is 12.4. The molecule has 7 aromatic carbocycles. The van der Waals surface area contributed by atoms with E-state index in [1.165, 1.54) is 0 Å². The largest absolute Gasteiger partial charge is 0.328 e. The molecule has 0 atom stereocenters. The number of aryl methyl sites for hydroxylation is 2. The van der Waals surface area contributed by atoms with E-state index in [2.05, 4.69) is 152 Å². The molecule has 0 N–H and O–H groups in total. The summed E-state index contributed by atoms with van der Waals surface area (Å²) in [6.07, 6.45) is 0. The molecule has 0 saturated heterocycles. The van der Waals surface area contributed by atoms with Gasteiger partial charge in [-0.2, -0.15) is 0 Å². The summed E-state index contributed by atoms with van der Waals surface area (Å²) in [6, 6.07) is 63.3. The lowest BCUT2D eigenvalue weighted by molar-refractivity contribution is 0.795. The third-order valence-corrected chi connectivity index (χ3v) is 10.2. The van der Waals surface area contributed by atoms with E-state index >= 15 is 0 Å². The number of hydrogen-bond acceptors (Lipinski definition) is 3. The molecule has 0 amide bonds. The number of rotatable bonds is 7. The van der Waals surface area contributed by atoms with Gasteiger partial charge in [-0.1, -0.05) is 158 Å². The molecule has 54 heavy (non-hydrogen) atoms. The predicted molar refractivity (Wildman–Crippen MR) is 222 cm³/mol. The van der Waals surface area contributed by atoms with E-state index in [1.807, 2.05) is 44.4 Å². The molecule has 2 aromatic heterocycles. The zero-order valence-corrected chi connectivity index (χ0v) is 30.0. The lowest BCUT2D eigenvalue weighted by atomic mass is 9.97. The summed E-state index contributed by atoms with van der Waals surface area (Å²) < 4.78 is 3.38. The van der Waals surface area contributed by atoms with Gasteiger partial charge < -0.3 is 0 Å². The van der Waals surface area contributed by atoms with Crippen molar-refractivity contribution in [1.29, 1.82) is 0 Å². The first-order valence-electron chi connectivity index (χ1n) is 18.1. The van der Waals surface area contributed by atoms with Crippen LogP contribution in [0, 0.1) is 0 Å². The molecule has 0 spiro atoms. The molecule has 5 nitrogen and oxygen atoms in total. The highest BCUT2D eigenvalue weighted by Crippen LogP contribution is 2.33. The Morgan fingerprint density at radius 2 is 0.704 bits per heavy atom. The topological polar surface area (TPSA) is 52.7 Å². The predicted octanol–water partition coefficient (Wildman–Crippen LogP) is 11.3. The Morgan fingerprint density at radius 1 is 0.333 bits per heavy atom. The van der Waals surface area contributed by atoms with Crippen LogP contribution in [0.1, 0.15) is 0 Å². The normalized spacial score (nSPS) is 11.2. The molecule has 0 fully saturated rings. The van der Waals surface area contributed by atoms with Crippen LogP contribution in [0.4, 0.5) is 0 Å². The van der Waals surface area contributed by atoms with Crippen LogP contribution in [-0.2, 0) is 14.1 Å². The Hall–Kier alpha value is -7.11. The van der Waals surface area contributed by atoms with Crippen LogP contribution in [0.3, 0.4) is 0 Å². The smallest absolute Gasteiger partial charge is 0.295 e. The third-order valence-electron chi connectivity index (χ3n) is 10.2. The van der Waals surface area contributed by atoms with Crippen LogP contribution in [0.2, 0.25) is 0 Å². The molecule has 0 bridgehead atoms. The first kappa shape index (κ1) is 32.8. The second kappa shape index (κ2) is 13.8. The minimum absolute atomic E-state index is 0.0181. The number of aromatic nitrogens is 4. The monoisotopic (exact) mass is 696 g/mol. The fourth-order valence-electron chi connectivity index (χ4n) is 7.18. The Kier molecular flexibility index (Phi) is 8.37. The summed E-state index contributed by atoms with van der Waals surface area (Å²) in [5.74, 6) is 0.695. The van der Waals surface area contributed by atoms with Gasteiger partial charge in [0, 0.05) is 30.8 Å². The molecule has 0 unspecified atom stereocenters. The summed E-state index contributed by atoms with van der Waals surface area (Å²) in [7, 11) is 3.63. The average molecular weight is 697 g/mol. The highest BCUT2D eigenvalue weighted by Gasteiger charge is 2.13. The van der Waals surface area contributed by atoms with Crippen molar-refractivity contribution in [2.45, 2.75) is 0 Å². The van der Waals surface area contributed by atoms with Gasteiger partial charge in [-0.3, -0.25) is 9.13 Å². The Labute approximate surface area is 314 Å². The van der Waals surface area contributed by atoms with Crippen LogP contribution in [0.15, 0.2) is 187 Å². The number of hydrogen-bond donors (Lipinski definition) is 0. The van der Waals surface area contributed by atoms with E-state index in [0.29, 0.717) is 5.82 Å². The molecule has 2 heterocycles. The minimum atomic E-state index is -0.0181. The van der Waals surface area contributed by atoms with E-state index in [4.69, 9.17) is 9.97 Å². The van der Waals surface area contributed by atoms with Crippen molar-refractivity contribution in [2.75, 3.05) is 0 Å². The number of nitrogens with zero attached hydrogens (tertiary/aromatic N) is 4. The van der Waals surface area contributed by atoms with E-state index in [9.17, 15) is 4.79 Å². The van der Waals surface area contributed by atoms with Crippen molar-refractivity contribution in [1.82, 2.24) is 19.1 Å². The Bertz CT molecular complexity index is 2820. The number of fused-ring (bicyclic) bond motifs is 1. The summed E-state index contributed by atoms with van der Waals surface area (Å²) in [5, 5.41) is 0. The molecule has 5 heteroatoms. The van der Waals surface area contributed by atoms with Crippen LogP contribution < -0.4 is 5.69 Å². The first-order chi connectivity index (χ1) is 26.5. The molecule has 0 aliphatic heterocycles. The molecular weight excluding hydrogens is 661 g/mol. The number of benzene rings is 7. The van der Waals surface area contributed by atoms with Gasteiger partial charge in [0.05, 0.1) is 22.4 Å². The van der Waals surface area contributed by atoms with Crippen molar-refractivity contribution in [3.63, 3.8) is 0 Å². The molecule has 0 aliphatic carbocycles. The lowest BCUT2D eigenvalue weighted by Gasteiger charge is -2.11. The fourth-order valence-corrected chi connectivity index (χ4v) is 7.18. The SMILES string of the molecule is Cn1c(=O)n(C)c2cc(-c3ccc(-c4ccc(-c5ccc(-c6cc(-c7ccccc7)nc(-c7cccc(-c8ccccc8)c7)n6)cc5)cc4)cc3)ccc21. The van der Waals surface area contributed by atoms with Crippen molar-refractivity contribution >= 4 is 11.0 Å². The van der Waals surface area contributed by atoms with Crippen LogP contribution in [0.5, 0.6) is 0 Å². The lowest BCUT2D eigenvalue weighted by Crippen LogP contribution is -2.19. The number of imidazole rings is 1. The zero-order valence-electron chi connectivity index (χ0n) is 30.0. The Morgan fingerprint density at radius 3 is 1.26 bits per heavy atom. The molecule has 0 saturated carbocycles. The molecule has 9 rings (SSSR count). The first-order valence-corrected chi connectivity index (χ1v) is 18.1. The fraction of sp³-hybridized carbons (Fsp3) is 0.0408. The van der Waals surface area contributed by atoms with Crippen molar-refractivity contribution in [3.05, 3.63) is 192 Å². The van der Waals surface area contributed by atoms with Gasteiger partial charge in [-0.25, -0.2) is 14.8 Å². The van der Waals surface area contributed by atoms with Gasteiger partial charge in [0.2, 0.25) is 0 Å². The van der Waals surface area contributed by atoms with Crippen molar-refractivity contribution in [3.8, 4) is 78.4 Å². The quantitative estimate of drug-likeness (QED) is 0.167. The van der Waals surface area contributed by atoms with Crippen molar-refractivity contribution in [2.24, 2.45) is 14.1 Å². The van der Waals surface area contributed by atoms with Crippen LogP contribution in [0.25, 0.3) is 89.4 Å². The molecule has 9 aromatic rings. The average Bonchev–Trinajstić information content (AvgIpc) is 3.47. The molecule has 258 valence electrons. The van der Waals surface area contributed by atoms with Gasteiger partial charge in [0.1, 0.15) is 0 Å². The van der Waals surface area contributed by atoms with Gasteiger partial charge in [-0.15, -0.1) is 0 Å². The third kappa shape index (κ3) is 6.22. The van der Waals surface area contributed by atoms with Crippen LogP contribution in [-0.4, -0.2) is 19.1 Å². The van der Waals surface area contributed by atoms with Gasteiger partial charge in [-0.05, 0) is 68.8 Å². The molecule has 0 aliphatic rings. The standard InChI is InChI=1S/C49H36N4O/c1-52-46-29-28-42(31-47(46)53(2)49(52)54)38-22-20-36(21-23-38)34-16-18-35(19-17-34)37-24-26-40(27-25-37)45-32-44(39-12-7-4-8-13-39)50-48(51-45)43-15-9-14-41(30-43)33-10-5-3-6-11-33/h3-32H,1-2H3. The van der Waals surface area contributed by atoms with E-state index in [1.54, 1.807) is 9.13 Å². The second-order valence-corrected chi connectivity index (χ2v) is 13.6. The maximum absolute atomic E-state index is 12.4. The minimum Gasteiger partial charge on any atom is -0.295 e. The van der Waals surface area contributed by atoms with Gasteiger partial charge in [0.15, 0.2) is 5.82 Å². The van der Waals surface area contributed by atoms with Gasteiger partial charge in [0.25, 0.3) is 0 Å². The highest BCUT2D eigenvalue weighted by atomic mass is 16.1.